The van der Waals surface area contributed by atoms with Gasteiger partial charge in [-0.05, 0) is 47.3 Å². The molecule has 1 aromatic heterocycles. The molecule has 0 unspecified atom stereocenters. The fraction of sp³-hybridized carbons (Fsp3) is 0.692. The van der Waals surface area contributed by atoms with Crippen LogP contribution in [0.5, 0.6) is 0 Å². The Morgan fingerprint density at radius 3 is 2.78 bits per heavy atom. The van der Waals surface area contributed by atoms with E-state index in [0.717, 1.165) is 38.9 Å². The normalized spacial score (nSPS) is 18.3. The van der Waals surface area contributed by atoms with Crippen LogP contribution in [0.3, 0.4) is 0 Å². The second-order valence-electron chi connectivity index (χ2n) is 4.63. The first-order valence-electron chi connectivity index (χ1n) is 6.47. The second kappa shape index (κ2) is 7.60. The monoisotopic (exact) mass is 333 g/mol. The largest absolute Gasteiger partial charge is 0.396 e. The lowest BCUT2D eigenvalue weighted by atomic mass is 10.1. The maximum absolute atomic E-state index is 8.71. The van der Waals surface area contributed by atoms with E-state index in [0.29, 0.717) is 12.7 Å². The van der Waals surface area contributed by atoms with Crippen LogP contribution in [0.4, 0.5) is 0 Å². The van der Waals surface area contributed by atoms with Gasteiger partial charge < -0.3 is 9.84 Å². The lowest BCUT2D eigenvalue weighted by Gasteiger charge is -2.31. The summed E-state index contributed by atoms with van der Waals surface area (Å²) >= 11 is 5.32. The molecule has 1 fully saturated rings. The molecule has 1 saturated heterocycles. The van der Waals surface area contributed by atoms with Crippen molar-refractivity contribution in [2.24, 2.45) is 0 Å². The summed E-state index contributed by atoms with van der Waals surface area (Å²) in [5.41, 5.74) is 0. The summed E-state index contributed by atoms with van der Waals surface area (Å²) in [5.74, 6) is 0. The average molecular weight is 334 g/mol. The summed E-state index contributed by atoms with van der Waals surface area (Å²) < 4.78 is 6.94. The third-order valence-corrected chi connectivity index (χ3v) is 4.81. The number of likely N-dealkylation sites (tertiary alicyclic amines) is 1. The smallest absolute Gasteiger partial charge is 0.0701 e. The minimum atomic E-state index is 0.228. The van der Waals surface area contributed by atoms with Crippen molar-refractivity contribution in [1.29, 1.82) is 0 Å². The van der Waals surface area contributed by atoms with Crippen LogP contribution in [0.15, 0.2) is 15.9 Å². The number of hydrogen-bond donors (Lipinski definition) is 1. The van der Waals surface area contributed by atoms with E-state index in [-0.39, 0.29) is 6.61 Å². The van der Waals surface area contributed by atoms with Crippen molar-refractivity contribution >= 4 is 27.3 Å². The Kier molecular flexibility index (Phi) is 6.11. The van der Waals surface area contributed by atoms with Gasteiger partial charge in [0.1, 0.15) is 0 Å². The fourth-order valence-corrected chi connectivity index (χ4v) is 3.73. The minimum absolute atomic E-state index is 0.228. The number of piperidine rings is 1. The molecule has 0 aliphatic carbocycles. The van der Waals surface area contributed by atoms with Crippen LogP contribution in [0.2, 0.25) is 0 Å². The molecule has 2 rings (SSSR count). The molecule has 1 aliphatic heterocycles. The van der Waals surface area contributed by atoms with Crippen LogP contribution in [0.1, 0.15) is 24.1 Å². The number of thiophene rings is 1. The molecule has 0 radical (unpaired) electrons. The van der Waals surface area contributed by atoms with Crippen molar-refractivity contribution in [2.75, 3.05) is 26.3 Å². The minimum Gasteiger partial charge on any atom is -0.396 e. The number of halogens is 1. The summed E-state index contributed by atoms with van der Waals surface area (Å²) in [4.78, 5) is 3.91. The summed E-state index contributed by atoms with van der Waals surface area (Å²) in [6, 6.07) is 4.31. The lowest BCUT2D eigenvalue weighted by Crippen LogP contribution is -2.36. The van der Waals surface area contributed by atoms with Crippen molar-refractivity contribution in [3.8, 4) is 0 Å². The molecule has 5 heteroatoms. The third-order valence-electron chi connectivity index (χ3n) is 3.20. The van der Waals surface area contributed by atoms with Gasteiger partial charge in [-0.15, -0.1) is 11.3 Å². The van der Waals surface area contributed by atoms with E-state index in [2.05, 4.69) is 33.0 Å². The Labute approximate surface area is 121 Å². The van der Waals surface area contributed by atoms with Gasteiger partial charge in [-0.3, -0.25) is 4.90 Å². The molecule has 1 N–H and O–H groups in total. The molecule has 102 valence electrons. The molecule has 0 saturated carbocycles. The van der Waals surface area contributed by atoms with Crippen LogP contribution in [-0.4, -0.2) is 42.4 Å². The third kappa shape index (κ3) is 4.63. The molecule has 3 nitrogen and oxygen atoms in total. The Bertz CT molecular complexity index is 351. The highest BCUT2D eigenvalue weighted by Crippen LogP contribution is 2.24. The van der Waals surface area contributed by atoms with Gasteiger partial charge in [-0.25, -0.2) is 0 Å². The van der Waals surface area contributed by atoms with Gasteiger partial charge in [0.25, 0.3) is 0 Å². The van der Waals surface area contributed by atoms with E-state index in [9.17, 15) is 0 Å². The van der Waals surface area contributed by atoms with Gasteiger partial charge >= 0.3 is 0 Å². The molecule has 2 heterocycles. The van der Waals surface area contributed by atoms with Crippen molar-refractivity contribution in [3.63, 3.8) is 0 Å². The first-order valence-corrected chi connectivity index (χ1v) is 8.08. The number of hydrogen-bond acceptors (Lipinski definition) is 4. The molecular formula is C13H20BrNO2S. The molecule has 0 spiro atoms. The van der Waals surface area contributed by atoms with Crippen LogP contribution >= 0.6 is 27.3 Å². The van der Waals surface area contributed by atoms with Crippen molar-refractivity contribution in [2.45, 2.75) is 31.9 Å². The summed E-state index contributed by atoms with van der Waals surface area (Å²) in [5, 5.41) is 8.71. The van der Waals surface area contributed by atoms with E-state index in [1.54, 1.807) is 0 Å². The Morgan fingerprint density at radius 2 is 2.17 bits per heavy atom. The van der Waals surface area contributed by atoms with Gasteiger partial charge in [0.05, 0.1) is 9.89 Å². The Morgan fingerprint density at radius 1 is 1.39 bits per heavy atom. The average Bonchev–Trinajstić information content (AvgIpc) is 2.77. The van der Waals surface area contributed by atoms with E-state index in [1.165, 1.54) is 8.66 Å². The zero-order valence-corrected chi connectivity index (χ0v) is 12.9. The number of rotatable bonds is 6. The van der Waals surface area contributed by atoms with Crippen LogP contribution in [-0.2, 0) is 11.3 Å². The van der Waals surface area contributed by atoms with Gasteiger partial charge in [-0.2, -0.15) is 0 Å². The summed E-state index contributed by atoms with van der Waals surface area (Å²) in [6.45, 7) is 4.20. The Hall–Kier alpha value is 0.0600. The van der Waals surface area contributed by atoms with Gasteiger partial charge in [-0.1, -0.05) is 0 Å². The van der Waals surface area contributed by atoms with Crippen molar-refractivity contribution in [3.05, 3.63) is 20.8 Å². The Balaban J connectivity index is 1.67. The van der Waals surface area contributed by atoms with Crippen LogP contribution < -0.4 is 0 Å². The standard InChI is InChI=1S/C13H20BrNO2S/c14-13-3-2-12(18-13)10-15-6-4-11(5-7-15)17-9-1-8-16/h2-3,11,16H,1,4-10H2. The van der Waals surface area contributed by atoms with Crippen molar-refractivity contribution < 1.29 is 9.84 Å². The van der Waals surface area contributed by atoms with Crippen LogP contribution in [0.25, 0.3) is 0 Å². The zero-order chi connectivity index (χ0) is 12.8. The maximum atomic E-state index is 8.71. The predicted molar refractivity (Wildman–Crippen MR) is 78.0 cm³/mol. The molecule has 0 bridgehead atoms. The van der Waals surface area contributed by atoms with E-state index >= 15 is 0 Å². The molecular weight excluding hydrogens is 314 g/mol. The van der Waals surface area contributed by atoms with Crippen molar-refractivity contribution in [1.82, 2.24) is 4.90 Å². The topological polar surface area (TPSA) is 32.7 Å². The lowest BCUT2D eigenvalue weighted by molar-refractivity contribution is 0.000962. The predicted octanol–water partition coefficient (Wildman–Crippen LogP) is 2.87. The molecule has 1 aliphatic rings. The molecule has 1 aromatic rings. The van der Waals surface area contributed by atoms with Gasteiger partial charge in [0.2, 0.25) is 0 Å². The first kappa shape index (κ1) is 14.5. The molecule has 0 aromatic carbocycles. The van der Waals surface area contributed by atoms with E-state index in [4.69, 9.17) is 9.84 Å². The first-order chi connectivity index (χ1) is 8.78. The quantitative estimate of drug-likeness (QED) is 0.812. The van der Waals surface area contributed by atoms with Gasteiger partial charge in [0.15, 0.2) is 0 Å². The summed E-state index contributed by atoms with van der Waals surface area (Å²) in [7, 11) is 0. The number of nitrogens with zero attached hydrogens (tertiary/aromatic N) is 1. The SMILES string of the molecule is OCCCOC1CCN(Cc2ccc(Br)s2)CC1. The highest BCUT2D eigenvalue weighted by Gasteiger charge is 2.19. The number of aliphatic hydroxyl groups excluding tert-OH is 1. The maximum Gasteiger partial charge on any atom is 0.0701 e. The number of ether oxygens (including phenoxy) is 1. The number of aliphatic hydroxyl groups is 1. The molecule has 0 amide bonds. The van der Waals surface area contributed by atoms with Gasteiger partial charge in [0, 0.05) is 37.7 Å². The molecule has 18 heavy (non-hydrogen) atoms. The molecule has 0 atom stereocenters. The van der Waals surface area contributed by atoms with Crippen LogP contribution in [0, 0.1) is 0 Å². The zero-order valence-electron chi connectivity index (χ0n) is 10.5. The highest BCUT2D eigenvalue weighted by atomic mass is 79.9. The highest BCUT2D eigenvalue weighted by molar-refractivity contribution is 9.11. The second-order valence-corrected chi connectivity index (χ2v) is 7.18. The van der Waals surface area contributed by atoms with E-state index in [1.807, 2.05) is 11.3 Å². The van der Waals surface area contributed by atoms with E-state index < -0.39 is 0 Å². The fourth-order valence-electron chi connectivity index (χ4n) is 2.21. The summed E-state index contributed by atoms with van der Waals surface area (Å²) in [6.07, 6.45) is 3.36.